The highest BCUT2D eigenvalue weighted by molar-refractivity contribution is 7.92. The van der Waals surface area contributed by atoms with Crippen molar-refractivity contribution in [1.82, 2.24) is 5.32 Å². The van der Waals surface area contributed by atoms with Crippen molar-refractivity contribution in [1.29, 1.82) is 0 Å². The quantitative estimate of drug-likeness (QED) is 0.802. The highest BCUT2D eigenvalue weighted by atomic mass is 32.2. The normalized spacial score (nSPS) is 14.8. The molecular weight excluding hydrogens is 274 g/mol. The van der Waals surface area contributed by atoms with Gasteiger partial charge in [-0.15, -0.1) is 0 Å². The molecule has 1 aromatic rings. The minimum atomic E-state index is -3.37. The van der Waals surface area contributed by atoms with Gasteiger partial charge in [-0.2, -0.15) is 0 Å². The van der Waals surface area contributed by atoms with Gasteiger partial charge in [0.2, 0.25) is 0 Å². The molecule has 2 atom stereocenters. The van der Waals surface area contributed by atoms with E-state index in [1.807, 2.05) is 6.92 Å². The fourth-order valence-corrected chi connectivity index (χ4v) is 3.84. The first-order valence-corrected chi connectivity index (χ1v) is 8.58. The molecule has 1 N–H and O–H groups in total. The number of benzene rings is 1. The van der Waals surface area contributed by atoms with Crippen molar-refractivity contribution in [2.75, 3.05) is 13.7 Å². The summed E-state index contributed by atoms with van der Waals surface area (Å²) in [5.74, 6) is 0.411. The fourth-order valence-electron chi connectivity index (χ4n) is 2.17. The van der Waals surface area contributed by atoms with Gasteiger partial charge in [-0.1, -0.05) is 19.1 Å². The summed E-state index contributed by atoms with van der Waals surface area (Å²) < 4.78 is 30.4. The molecular formula is C15H25NO3S. The third kappa shape index (κ3) is 4.21. The van der Waals surface area contributed by atoms with Crippen molar-refractivity contribution in [3.8, 4) is 5.75 Å². The Kier molecular flexibility index (Phi) is 6.49. The molecule has 4 nitrogen and oxygen atoms in total. The van der Waals surface area contributed by atoms with Crippen LogP contribution in [0.1, 0.15) is 33.6 Å². The van der Waals surface area contributed by atoms with E-state index in [1.165, 1.54) is 7.11 Å². The zero-order valence-electron chi connectivity index (χ0n) is 12.7. The van der Waals surface area contributed by atoms with Gasteiger partial charge in [0, 0.05) is 6.04 Å². The third-order valence-corrected chi connectivity index (χ3v) is 5.54. The maximum Gasteiger partial charge on any atom is 0.184 e. The molecule has 0 aromatic heterocycles. The zero-order valence-corrected chi connectivity index (χ0v) is 13.5. The summed E-state index contributed by atoms with van der Waals surface area (Å²) in [4.78, 5) is 0.276. The average Bonchev–Trinajstić information content (AvgIpc) is 2.44. The monoisotopic (exact) mass is 299 g/mol. The Balaban J connectivity index is 2.87. The second-order valence-corrected chi connectivity index (χ2v) is 7.43. The Morgan fingerprint density at radius 1 is 1.25 bits per heavy atom. The lowest BCUT2D eigenvalue weighted by atomic mass is 10.2. The van der Waals surface area contributed by atoms with Gasteiger partial charge in [0.05, 0.1) is 12.4 Å². The Morgan fingerprint density at radius 3 is 2.50 bits per heavy atom. The molecule has 1 rings (SSSR count). The molecule has 114 valence electrons. The van der Waals surface area contributed by atoms with Gasteiger partial charge in [-0.3, -0.25) is 0 Å². The molecule has 0 fully saturated rings. The number of rotatable bonds is 8. The smallest absolute Gasteiger partial charge is 0.184 e. The van der Waals surface area contributed by atoms with Crippen molar-refractivity contribution in [3.05, 3.63) is 24.3 Å². The maximum absolute atomic E-state index is 12.6. The lowest BCUT2D eigenvalue weighted by Crippen LogP contribution is -2.32. The van der Waals surface area contributed by atoms with Crippen LogP contribution in [0.25, 0.3) is 0 Å². The van der Waals surface area contributed by atoms with E-state index in [0.29, 0.717) is 12.2 Å². The summed E-state index contributed by atoms with van der Waals surface area (Å²) in [7, 11) is -1.88. The second kappa shape index (κ2) is 7.64. The summed E-state index contributed by atoms with van der Waals surface area (Å²) in [6, 6.07) is 6.96. The summed E-state index contributed by atoms with van der Waals surface area (Å²) in [6.45, 7) is 6.77. The maximum atomic E-state index is 12.6. The molecule has 0 saturated heterocycles. The second-order valence-electron chi connectivity index (χ2n) is 5.10. The Labute approximate surface area is 122 Å². The van der Waals surface area contributed by atoms with E-state index in [4.69, 9.17) is 4.74 Å². The van der Waals surface area contributed by atoms with Crippen molar-refractivity contribution in [2.45, 2.75) is 49.8 Å². The number of para-hydroxylation sites is 1. The highest BCUT2D eigenvalue weighted by Crippen LogP contribution is 2.27. The fraction of sp³-hybridized carbons (Fsp3) is 0.600. The molecule has 5 heteroatoms. The predicted octanol–water partition coefficient (Wildman–Crippen LogP) is 2.64. The van der Waals surface area contributed by atoms with Gasteiger partial charge >= 0.3 is 0 Å². The summed E-state index contributed by atoms with van der Waals surface area (Å²) in [5, 5.41) is 2.87. The Hall–Kier alpha value is -1.07. The van der Waals surface area contributed by atoms with Crippen LogP contribution < -0.4 is 10.1 Å². The molecule has 0 radical (unpaired) electrons. The predicted molar refractivity (Wildman–Crippen MR) is 82.0 cm³/mol. The van der Waals surface area contributed by atoms with Crippen LogP contribution in [0.4, 0.5) is 0 Å². The van der Waals surface area contributed by atoms with E-state index in [-0.39, 0.29) is 10.9 Å². The largest absolute Gasteiger partial charge is 0.495 e. The number of methoxy groups -OCH3 is 1. The van der Waals surface area contributed by atoms with E-state index in [1.54, 1.807) is 31.2 Å². The molecule has 0 saturated carbocycles. The summed E-state index contributed by atoms with van der Waals surface area (Å²) in [6.07, 6.45) is 1.62. The third-order valence-electron chi connectivity index (χ3n) is 3.33. The van der Waals surface area contributed by atoms with Crippen LogP contribution in [0.3, 0.4) is 0 Å². The molecule has 0 heterocycles. The van der Waals surface area contributed by atoms with Crippen LogP contribution in [0, 0.1) is 0 Å². The van der Waals surface area contributed by atoms with Gasteiger partial charge in [-0.05, 0) is 45.4 Å². The van der Waals surface area contributed by atoms with E-state index in [9.17, 15) is 8.42 Å². The number of hydrogen-bond donors (Lipinski definition) is 1. The molecule has 0 aliphatic carbocycles. The number of hydrogen-bond acceptors (Lipinski definition) is 4. The zero-order chi connectivity index (χ0) is 15.2. The first kappa shape index (κ1) is 17.0. The van der Waals surface area contributed by atoms with Crippen LogP contribution >= 0.6 is 0 Å². The molecule has 0 spiro atoms. The molecule has 0 aliphatic heterocycles. The standard InChI is InChI=1S/C15H25NO3S/c1-5-10-16-12(2)11-13(3)20(17,18)15-9-7-6-8-14(15)19-4/h6-9,12-13,16H,5,10-11H2,1-4H3. The van der Waals surface area contributed by atoms with Crippen LogP contribution in [0.15, 0.2) is 29.2 Å². The van der Waals surface area contributed by atoms with Gasteiger partial charge in [0.15, 0.2) is 9.84 Å². The lowest BCUT2D eigenvalue weighted by Gasteiger charge is -2.20. The Bertz CT molecular complexity index is 514. The van der Waals surface area contributed by atoms with E-state index in [0.717, 1.165) is 13.0 Å². The minimum Gasteiger partial charge on any atom is -0.495 e. The first-order chi connectivity index (χ1) is 9.43. The SMILES string of the molecule is CCCNC(C)CC(C)S(=O)(=O)c1ccccc1OC. The minimum absolute atomic E-state index is 0.175. The van der Waals surface area contributed by atoms with Crippen molar-refractivity contribution >= 4 is 9.84 Å². The van der Waals surface area contributed by atoms with Gasteiger partial charge in [0.1, 0.15) is 10.6 Å². The Morgan fingerprint density at radius 2 is 1.90 bits per heavy atom. The van der Waals surface area contributed by atoms with Crippen molar-refractivity contribution in [3.63, 3.8) is 0 Å². The molecule has 0 amide bonds. The van der Waals surface area contributed by atoms with Crippen LogP contribution in [0.5, 0.6) is 5.75 Å². The van der Waals surface area contributed by atoms with E-state index in [2.05, 4.69) is 12.2 Å². The van der Waals surface area contributed by atoms with Crippen molar-refractivity contribution in [2.24, 2.45) is 0 Å². The molecule has 0 aliphatic rings. The van der Waals surface area contributed by atoms with E-state index < -0.39 is 15.1 Å². The van der Waals surface area contributed by atoms with Gasteiger partial charge in [-0.25, -0.2) is 8.42 Å². The number of nitrogens with one attached hydrogen (secondary N) is 1. The average molecular weight is 299 g/mol. The molecule has 2 unspecified atom stereocenters. The molecule has 1 aromatic carbocycles. The first-order valence-electron chi connectivity index (χ1n) is 7.03. The molecule has 20 heavy (non-hydrogen) atoms. The summed E-state index contributed by atoms with van der Waals surface area (Å²) >= 11 is 0. The van der Waals surface area contributed by atoms with Crippen molar-refractivity contribution < 1.29 is 13.2 Å². The lowest BCUT2D eigenvalue weighted by molar-refractivity contribution is 0.402. The van der Waals surface area contributed by atoms with Crippen LogP contribution in [-0.4, -0.2) is 33.4 Å². The van der Waals surface area contributed by atoms with Crippen LogP contribution in [-0.2, 0) is 9.84 Å². The van der Waals surface area contributed by atoms with Gasteiger partial charge < -0.3 is 10.1 Å². The van der Waals surface area contributed by atoms with Gasteiger partial charge in [0.25, 0.3) is 0 Å². The number of sulfone groups is 1. The van der Waals surface area contributed by atoms with Crippen LogP contribution in [0.2, 0.25) is 0 Å². The van der Waals surface area contributed by atoms with E-state index >= 15 is 0 Å². The summed E-state index contributed by atoms with van der Waals surface area (Å²) in [5.41, 5.74) is 0. The number of ether oxygens (including phenoxy) is 1. The topological polar surface area (TPSA) is 55.4 Å². The highest BCUT2D eigenvalue weighted by Gasteiger charge is 2.27. The molecule has 0 bridgehead atoms.